The first-order chi connectivity index (χ1) is 30.2. The number of hydrogen-bond acceptors (Lipinski definition) is 3. The molecule has 0 amide bonds. The van der Waals surface area contributed by atoms with Crippen LogP contribution in [0.3, 0.4) is 0 Å². The molecule has 0 aliphatic carbocycles. The second-order valence-electron chi connectivity index (χ2n) is 15.7. The molecule has 3 heteroatoms. The Bertz CT molecular complexity index is 3630. The molecule has 61 heavy (non-hydrogen) atoms. The Balaban J connectivity index is 0.980. The van der Waals surface area contributed by atoms with Crippen molar-refractivity contribution < 1.29 is 0 Å². The molecule has 0 spiro atoms. The van der Waals surface area contributed by atoms with Crippen molar-refractivity contribution in [3.8, 4) is 44.5 Å². The Hall–Kier alpha value is -7.30. The lowest BCUT2D eigenvalue weighted by Crippen LogP contribution is -2.10. The van der Waals surface area contributed by atoms with E-state index in [1.807, 2.05) is 22.7 Å². The molecule has 12 rings (SSSR count). The highest BCUT2D eigenvalue weighted by atomic mass is 32.1. The van der Waals surface area contributed by atoms with Crippen LogP contribution in [0.5, 0.6) is 0 Å². The van der Waals surface area contributed by atoms with Gasteiger partial charge in [0.1, 0.15) is 0 Å². The second kappa shape index (κ2) is 14.8. The van der Waals surface area contributed by atoms with Crippen LogP contribution >= 0.6 is 22.7 Å². The van der Waals surface area contributed by atoms with Crippen molar-refractivity contribution in [1.29, 1.82) is 0 Å². The predicted octanol–water partition coefficient (Wildman–Crippen LogP) is 17.7. The Labute approximate surface area is 362 Å². The zero-order valence-corrected chi connectivity index (χ0v) is 34.8. The van der Waals surface area contributed by atoms with Gasteiger partial charge in [0.05, 0.1) is 0 Å². The van der Waals surface area contributed by atoms with Gasteiger partial charge in [0.25, 0.3) is 0 Å². The van der Waals surface area contributed by atoms with Crippen LogP contribution in [0.4, 0.5) is 17.1 Å². The number of fused-ring (bicyclic) bond motifs is 7. The van der Waals surface area contributed by atoms with E-state index in [-0.39, 0.29) is 0 Å². The fraction of sp³-hybridized carbons (Fsp3) is 0. The summed E-state index contributed by atoms with van der Waals surface area (Å²) in [4.78, 5) is 2.41. The van der Waals surface area contributed by atoms with Crippen molar-refractivity contribution in [2.75, 3.05) is 4.90 Å². The van der Waals surface area contributed by atoms with E-state index in [1.54, 1.807) is 0 Å². The third-order valence-electron chi connectivity index (χ3n) is 12.0. The Morgan fingerprint density at radius 3 is 1.44 bits per heavy atom. The van der Waals surface area contributed by atoms with E-state index in [1.165, 1.54) is 95.6 Å². The Morgan fingerprint density at radius 1 is 0.262 bits per heavy atom. The van der Waals surface area contributed by atoms with Crippen molar-refractivity contribution in [1.82, 2.24) is 0 Å². The summed E-state index contributed by atoms with van der Waals surface area (Å²) >= 11 is 3.75. The van der Waals surface area contributed by atoms with Gasteiger partial charge in [-0.3, -0.25) is 0 Å². The molecule has 0 saturated heterocycles. The van der Waals surface area contributed by atoms with Crippen LogP contribution < -0.4 is 4.90 Å². The van der Waals surface area contributed by atoms with Crippen LogP contribution in [-0.4, -0.2) is 0 Å². The number of hydrogen-bond donors (Lipinski definition) is 0. The van der Waals surface area contributed by atoms with Gasteiger partial charge in [-0.05, 0) is 122 Å². The SMILES string of the molecule is c1cc(-c2cccc(N(c3cccc(-c4ccc5ccccc5c4)c3)c3cccc(-c4ccc5c(c4)sc4ccccc45)c3)c2)cc(-c2cccc3c2sc2ccccc23)c1. The van der Waals surface area contributed by atoms with E-state index in [9.17, 15) is 0 Å². The number of benzene rings is 10. The molecule has 0 N–H and O–H groups in total. The van der Waals surface area contributed by atoms with Crippen LogP contribution in [0.2, 0.25) is 0 Å². The predicted molar refractivity (Wildman–Crippen MR) is 266 cm³/mol. The van der Waals surface area contributed by atoms with Crippen LogP contribution in [0.1, 0.15) is 0 Å². The molecule has 0 saturated carbocycles. The smallest absolute Gasteiger partial charge is 0.0467 e. The minimum atomic E-state index is 1.10. The minimum absolute atomic E-state index is 1.10. The highest BCUT2D eigenvalue weighted by molar-refractivity contribution is 7.26. The van der Waals surface area contributed by atoms with Gasteiger partial charge in [0, 0.05) is 57.4 Å². The third-order valence-corrected chi connectivity index (χ3v) is 14.4. The summed E-state index contributed by atoms with van der Waals surface area (Å²) in [5.41, 5.74) is 12.9. The van der Waals surface area contributed by atoms with E-state index in [0.29, 0.717) is 0 Å². The van der Waals surface area contributed by atoms with E-state index in [0.717, 1.165) is 17.1 Å². The largest absolute Gasteiger partial charge is 0.310 e. The molecule has 10 aromatic carbocycles. The number of anilines is 3. The quantitative estimate of drug-likeness (QED) is 0.155. The summed E-state index contributed by atoms with van der Waals surface area (Å²) in [6, 6.07) is 82.5. The standard InChI is InChI=1S/C58H37NS2/c1-2-13-39-32-44(29-28-38(39)12-1)42-16-9-20-48(35-42)59(49-21-10-17-43(36-49)45-30-31-53-51-22-3-5-26-55(51)60-57(53)37-45)47-19-8-15-41(34-47)40-14-7-18-46(33-40)50-24-11-25-54-52-23-4-6-27-56(52)61-58(50)54/h1-37H. The molecule has 12 aromatic rings. The summed E-state index contributed by atoms with van der Waals surface area (Å²) < 4.78 is 5.28. The molecule has 0 atom stereocenters. The highest BCUT2D eigenvalue weighted by Crippen LogP contribution is 2.43. The summed E-state index contributed by atoms with van der Waals surface area (Å²) in [6.45, 7) is 0. The van der Waals surface area contributed by atoms with E-state index in [2.05, 4.69) is 229 Å². The molecular weight excluding hydrogens is 775 g/mol. The van der Waals surface area contributed by atoms with Gasteiger partial charge < -0.3 is 4.90 Å². The molecule has 0 aliphatic rings. The molecule has 0 radical (unpaired) electrons. The fourth-order valence-electron chi connectivity index (χ4n) is 9.04. The Kier molecular flexibility index (Phi) is 8.62. The Morgan fingerprint density at radius 2 is 0.738 bits per heavy atom. The van der Waals surface area contributed by atoms with Crippen LogP contribution in [0.25, 0.3) is 95.6 Å². The molecule has 286 valence electrons. The molecule has 0 unspecified atom stereocenters. The van der Waals surface area contributed by atoms with Crippen molar-refractivity contribution in [2.24, 2.45) is 0 Å². The average Bonchev–Trinajstić information content (AvgIpc) is 3.90. The first-order valence-corrected chi connectivity index (χ1v) is 22.4. The third kappa shape index (κ3) is 6.38. The number of nitrogens with zero attached hydrogens (tertiary/aromatic N) is 1. The molecule has 2 heterocycles. The first kappa shape index (κ1) is 35.6. The van der Waals surface area contributed by atoms with Crippen LogP contribution in [-0.2, 0) is 0 Å². The molecule has 1 nitrogen and oxygen atoms in total. The molecule has 0 aliphatic heterocycles. The van der Waals surface area contributed by atoms with Gasteiger partial charge in [-0.2, -0.15) is 0 Å². The van der Waals surface area contributed by atoms with E-state index in [4.69, 9.17) is 0 Å². The summed E-state index contributed by atoms with van der Waals surface area (Å²) in [7, 11) is 0. The first-order valence-electron chi connectivity index (χ1n) is 20.7. The maximum atomic E-state index is 2.41. The molecular formula is C58H37NS2. The van der Waals surface area contributed by atoms with Gasteiger partial charge in [-0.1, -0.05) is 158 Å². The maximum Gasteiger partial charge on any atom is 0.0467 e. The van der Waals surface area contributed by atoms with Crippen molar-refractivity contribution in [3.63, 3.8) is 0 Å². The van der Waals surface area contributed by atoms with E-state index >= 15 is 0 Å². The lowest BCUT2D eigenvalue weighted by Gasteiger charge is -2.27. The van der Waals surface area contributed by atoms with Crippen molar-refractivity contribution in [2.45, 2.75) is 0 Å². The second-order valence-corrected chi connectivity index (χ2v) is 17.9. The van der Waals surface area contributed by atoms with Gasteiger partial charge in [0.15, 0.2) is 0 Å². The normalized spacial score (nSPS) is 11.6. The van der Waals surface area contributed by atoms with Crippen molar-refractivity contribution in [3.05, 3.63) is 224 Å². The zero-order chi connectivity index (χ0) is 40.3. The highest BCUT2D eigenvalue weighted by Gasteiger charge is 2.17. The average molecular weight is 812 g/mol. The molecule has 0 bridgehead atoms. The monoisotopic (exact) mass is 811 g/mol. The zero-order valence-electron chi connectivity index (χ0n) is 33.1. The lowest BCUT2D eigenvalue weighted by molar-refractivity contribution is 1.28. The van der Waals surface area contributed by atoms with Crippen LogP contribution in [0.15, 0.2) is 224 Å². The minimum Gasteiger partial charge on any atom is -0.310 e. The number of rotatable bonds is 7. The van der Waals surface area contributed by atoms with Gasteiger partial charge in [0.2, 0.25) is 0 Å². The summed E-state index contributed by atoms with van der Waals surface area (Å²) in [5.74, 6) is 0. The van der Waals surface area contributed by atoms with Crippen molar-refractivity contribution >= 4 is 90.9 Å². The van der Waals surface area contributed by atoms with E-state index < -0.39 is 0 Å². The lowest BCUT2D eigenvalue weighted by atomic mass is 9.97. The van der Waals surface area contributed by atoms with Gasteiger partial charge in [-0.25, -0.2) is 0 Å². The molecule has 0 fully saturated rings. The topological polar surface area (TPSA) is 3.24 Å². The fourth-order valence-corrected chi connectivity index (χ4v) is 11.4. The molecule has 2 aromatic heterocycles. The van der Waals surface area contributed by atoms with Gasteiger partial charge >= 0.3 is 0 Å². The number of thiophene rings is 2. The summed E-state index contributed by atoms with van der Waals surface area (Å²) in [6.07, 6.45) is 0. The van der Waals surface area contributed by atoms with Gasteiger partial charge in [-0.15, -0.1) is 22.7 Å². The maximum absolute atomic E-state index is 2.41. The summed E-state index contributed by atoms with van der Waals surface area (Å²) in [5, 5.41) is 7.76. The van der Waals surface area contributed by atoms with Crippen LogP contribution in [0, 0.1) is 0 Å².